The van der Waals surface area contributed by atoms with Crippen molar-refractivity contribution in [2.24, 2.45) is 0 Å². The van der Waals surface area contributed by atoms with Gasteiger partial charge in [-0.15, -0.1) is 0 Å². The van der Waals surface area contributed by atoms with Crippen LogP contribution in [-0.2, 0) is 39.0 Å². The number of rotatable bonds is 14. The van der Waals surface area contributed by atoms with E-state index in [-0.39, 0.29) is 18.9 Å². The Morgan fingerprint density at radius 2 is 1.54 bits per heavy atom. The number of hydrogen-bond acceptors (Lipinski definition) is 4. The molecule has 0 fully saturated rings. The number of hydrogen-bond donors (Lipinski definition) is 1. The summed E-state index contributed by atoms with van der Waals surface area (Å²) in [6, 6.07) is 20.6. The summed E-state index contributed by atoms with van der Waals surface area (Å²) < 4.78 is 26.9. The van der Waals surface area contributed by atoms with Gasteiger partial charge in [0.2, 0.25) is 21.8 Å². The number of aryl methyl sites for hydroxylation is 1. The highest BCUT2D eigenvalue weighted by atomic mass is 35.5. The largest absolute Gasteiger partial charge is 0.354 e. The summed E-state index contributed by atoms with van der Waals surface area (Å²) in [5, 5.41) is 3.64. The maximum atomic E-state index is 14.1. The highest BCUT2D eigenvalue weighted by molar-refractivity contribution is 7.92. The molecule has 0 aliphatic carbocycles. The molecule has 0 aliphatic rings. The first-order chi connectivity index (χ1) is 19.5. The quantitative estimate of drug-likeness (QED) is 0.229. The number of nitrogens with one attached hydrogen (secondary N) is 1. The molecule has 1 atom stereocenters. The highest BCUT2D eigenvalue weighted by Gasteiger charge is 2.33. The van der Waals surface area contributed by atoms with Gasteiger partial charge in [-0.2, -0.15) is 0 Å². The molecule has 0 spiro atoms. The van der Waals surface area contributed by atoms with Gasteiger partial charge in [0.05, 0.1) is 22.0 Å². The third kappa shape index (κ3) is 9.48. The van der Waals surface area contributed by atoms with Crippen LogP contribution in [0.15, 0.2) is 72.8 Å². The monoisotopic (exact) mass is 617 g/mol. The van der Waals surface area contributed by atoms with Crippen LogP contribution in [-0.4, -0.2) is 50.5 Å². The number of sulfonamides is 1. The first-order valence-corrected chi connectivity index (χ1v) is 16.3. The molecular formula is C31H37Cl2N3O4S. The Balaban J connectivity index is 2.04. The van der Waals surface area contributed by atoms with E-state index in [9.17, 15) is 18.0 Å². The van der Waals surface area contributed by atoms with Crippen molar-refractivity contribution in [1.29, 1.82) is 0 Å². The molecule has 0 saturated heterocycles. The van der Waals surface area contributed by atoms with E-state index >= 15 is 0 Å². The van der Waals surface area contributed by atoms with Crippen LogP contribution >= 0.6 is 23.2 Å². The molecular weight excluding hydrogens is 581 g/mol. The number of halogens is 2. The molecule has 220 valence electrons. The first-order valence-electron chi connectivity index (χ1n) is 13.6. The topological polar surface area (TPSA) is 86.8 Å². The Bertz CT molecular complexity index is 1420. The number of anilines is 1. The maximum absolute atomic E-state index is 14.1. The zero-order valence-electron chi connectivity index (χ0n) is 23.6. The highest BCUT2D eigenvalue weighted by Crippen LogP contribution is 2.25. The van der Waals surface area contributed by atoms with E-state index < -0.39 is 28.5 Å². The third-order valence-corrected chi connectivity index (χ3v) is 8.63. The Hall–Kier alpha value is -3.07. The molecule has 0 radical (unpaired) electrons. The average Bonchev–Trinajstić information content (AvgIpc) is 2.95. The third-order valence-electron chi connectivity index (χ3n) is 6.75. The van der Waals surface area contributed by atoms with Gasteiger partial charge in [-0.1, -0.05) is 92.0 Å². The molecule has 7 nitrogen and oxygen atoms in total. The fourth-order valence-electron chi connectivity index (χ4n) is 4.41. The predicted octanol–water partition coefficient (Wildman–Crippen LogP) is 5.88. The van der Waals surface area contributed by atoms with Crippen LogP contribution in [0.1, 0.15) is 43.4 Å². The van der Waals surface area contributed by atoms with E-state index in [0.717, 1.165) is 41.0 Å². The number of benzene rings is 3. The van der Waals surface area contributed by atoms with Crippen LogP contribution in [0.2, 0.25) is 10.0 Å². The summed E-state index contributed by atoms with van der Waals surface area (Å²) in [6.07, 6.45) is 3.80. The van der Waals surface area contributed by atoms with E-state index in [0.29, 0.717) is 27.8 Å². The summed E-state index contributed by atoms with van der Waals surface area (Å²) in [5.74, 6) is -0.832. The van der Waals surface area contributed by atoms with Crippen LogP contribution < -0.4 is 9.62 Å². The van der Waals surface area contributed by atoms with Gasteiger partial charge in [0.1, 0.15) is 12.6 Å². The fourth-order valence-corrected chi connectivity index (χ4v) is 5.58. The molecule has 41 heavy (non-hydrogen) atoms. The molecule has 3 aromatic carbocycles. The SMILES string of the molecule is CCCCNC(=O)C(Cc1ccccc1)N(Cc1ccc(Cl)c(Cl)c1)C(=O)CN(c1ccc(CC)cc1)S(C)(=O)=O. The zero-order valence-corrected chi connectivity index (χ0v) is 26.0. The lowest BCUT2D eigenvalue weighted by Crippen LogP contribution is -2.53. The molecule has 3 rings (SSSR count). The summed E-state index contributed by atoms with van der Waals surface area (Å²) in [4.78, 5) is 29.2. The van der Waals surface area contributed by atoms with Gasteiger partial charge in [-0.3, -0.25) is 13.9 Å². The Morgan fingerprint density at radius 1 is 0.878 bits per heavy atom. The van der Waals surface area contributed by atoms with E-state index in [4.69, 9.17) is 23.2 Å². The van der Waals surface area contributed by atoms with Gasteiger partial charge >= 0.3 is 0 Å². The molecule has 0 saturated carbocycles. The molecule has 1 unspecified atom stereocenters. The number of carbonyl (C=O) groups excluding carboxylic acids is 2. The van der Waals surface area contributed by atoms with Gasteiger partial charge < -0.3 is 10.2 Å². The van der Waals surface area contributed by atoms with Crippen molar-refractivity contribution in [2.45, 2.75) is 52.1 Å². The number of unbranched alkanes of at least 4 members (excludes halogenated alkanes) is 1. The van der Waals surface area contributed by atoms with Gasteiger partial charge in [-0.25, -0.2) is 8.42 Å². The van der Waals surface area contributed by atoms with E-state index in [2.05, 4.69) is 5.32 Å². The molecule has 3 aromatic rings. The summed E-state index contributed by atoms with van der Waals surface area (Å²) in [6.45, 7) is 4.06. The molecule has 0 bridgehead atoms. The second-order valence-electron chi connectivity index (χ2n) is 9.91. The van der Waals surface area contributed by atoms with Crippen LogP contribution in [0.5, 0.6) is 0 Å². The van der Waals surface area contributed by atoms with Crippen molar-refractivity contribution in [3.63, 3.8) is 0 Å². The van der Waals surface area contributed by atoms with Crippen LogP contribution in [0.4, 0.5) is 5.69 Å². The Morgan fingerprint density at radius 3 is 2.12 bits per heavy atom. The summed E-state index contributed by atoms with van der Waals surface area (Å²) >= 11 is 12.4. The summed E-state index contributed by atoms with van der Waals surface area (Å²) in [7, 11) is -3.83. The van der Waals surface area contributed by atoms with Crippen molar-refractivity contribution in [3.8, 4) is 0 Å². The maximum Gasteiger partial charge on any atom is 0.244 e. The minimum absolute atomic E-state index is 0.0286. The average molecular weight is 619 g/mol. The van der Waals surface area contributed by atoms with Crippen LogP contribution in [0.25, 0.3) is 0 Å². The van der Waals surface area contributed by atoms with Crippen LogP contribution in [0.3, 0.4) is 0 Å². The predicted molar refractivity (Wildman–Crippen MR) is 167 cm³/mol. The second kappa shape index (κ2) is 15.2. The number of amides is 2. The van der Waals surface area contributed by atoms with Gasteiger partial charge in [0, 0.05) is 19.5 Å². The van der Waals surface area contributed by atoms with E-state index in [1.165, 1.54) is 4.90 Å². The minimum Gasteiger partial charge on any atom is -0.354 e. The normalized spacial score (nSPS) is 12.0. The van der Waals surface area contributed by atoms with Gasteiger partial charge in [0.25, 0.3) is 0 Å². The van der Waals surface area contributed by atoms with E-state index in [1.807, 2.05) is 56.3 Å². The van der Waals surface area contributed by atoms with E-state index in [1.54, 1.807) is 30.3 Å². The smallest absolute Gasteiger partial charge is 0.244 e. The number of carbonyl (C=O) groups is 2. The lowest BCUT2D eigenvalue weighted by Gasteiger charge is -2.33. The molecule has 0 aliphatic heterocycles. The van der Waals surface area contributed by atoms with Crippen molar-refractivity contribution < 1.29 is 18.0 Å². The van der Waals surface area contributed by atoms with Crippen molar-refractivity contribution in [2.75, 3.05) is 23.7 Å². The van der Waals surface area contributed by atoms with Crippen molar-refractivity contribution >= 4 is 50.7 Å². The Kier molecular flexibility index (Phi) is 12.1. The van der Waals surface area contributed by atoms with Crippen molar-refractivity contribution in [1.82, 2.24) is 10.2 Å². The molecule has 0 aromatic heterocycles. The molecule has 2 amide bonds. The first kappa shape index (κ1) is 32.4. The summed E-state index contributed by atoms with van der Waals surface area (Å²) in [5.41, 5.74) is 2.94. The van der Waals surface area contributed by atoms with Crippen LogP contribution in [0, 0.1) is 0 Å². The second-order valence-corrected chi connectivity index (χ2v) is 12.6. The fraction of sp³-hybridized carbons (Fsp3) is 0.355. The zero-order chi connectivity index (χ0) is 30.0. The lowest BCUT2D eigenvalue weighted by molar-refractivity contribution is -0.140. The standard InChI is InChI=1S/C31H37Cl2N3O4S/c1-4-6-18-34-31(38)29(20-24-10-8-7-9-11-24)35(21-25-14-17-27(32)28(33)19-25)30(37)22-36(41(3,39)40)26-15-12-23(5-2)13-16-26/h7-17,19,29H,4-6,18,20-22H2,1-3H3,(H,34,38). The molecule has 10 heteroatoms. The molecule has 1 N–H and O–H groups in total. The lowest BCUT2D eigenvalue weighted by atomic mass is 10.0. The Labute approximate surface area is 253 Å². The number of nitrogens with zero attached hydrogens (tertiary/aromatic N) is 2. The van der Waals surface area contributed by atoms with Gasteiger partial charge in [0.15, 0.2) is 0 Å². The molecule has 0 heterocycles. The van der Waals surface area contributed by atoms with Crippen molar-refractivity contribution in [3.05, 3.63) is 99.5 Å². The minimum atomic E-state index is -3.83. The van der Waals surface area contributed by atoms with Gasteiger partial charge in [-0.05, 0) is 53.8 Å².